The first kappa shape index (κ1) is 12.9. The molecule has 0 aromatic carbocycles. The van der Waals surface area contributed by atoms with Crippen molar-refractivity contribution in [1.29, 1.82) is 0 Å². The van der Waals surface area contributed by atoms with Crippen LogP contribution in [0.15, 0.2) is 0 Å². The van der Waals surface area contributed by atoms with Crippen molar-refractivity contribution in [1.82, 2.24) is 10.2 Å². The Kier molecular flexibility index (Phi) is 5.03. The van der Waals surface area contributed by atoms with Crippen LogP contribution in [0.25, 0.3) is 0 Å². The van der Waals surface area contributed by atoms with Gasteiger partial charge >= 0.3 is 0 Å². The standard InChI is InChI=1S/C12H26N2O/c1-12(2,3)15-10-9-14-7-5-11(13-4)6-8-14/h11,13H,5-10H2,1-4H3. The van der Waals surface area contributed by atoms with E-state index in [0.29, 0.717) is 0 Å². The minimum atomic E-state index is 0.00327. The third-order valence-corrected chi connectivity index (χ3v) is 2.94. The fraction of sp³-hybridized carbons (Fsp3) is 1.00. The number of piperidine rings is 1. The van der Waals surface area contributed by atoms with E-state index in [1.165, 1.54) is 25.9 Å². The molecule has 0 saturated carbocycles. The van der Waals surface area contributed by atoms with Gasteiger partial charge in [0, 0.05) is 12.6 Å². The third kappa shape index (κ3) is 5.50. The van der Waals surface area contributed by atoms with Crippen molar-refractivity contribution in [2.24, 2.45) is 0 Å². The average Bonchev–Trinajstić information content (AvgIpc) is 2.17. The zero-order valence-corrected chi connectivity index (χ0v) is 10.7. The molecular weight excluding hydrogens is 188 g/mol. The van der Waals surface area contributed by atoms with E-state index in [9.17, 15) is 0 Å². The van der Waals surface area contributed by atoms with Crippen LogP contribution in [0.2, 0.25) is 0 Å². The topological polar surface area (TPSA) is 24.5 Å². The Hall–Kier alpha value is -0.120. The van der Waals surface area contributed by atoms with Crippen LogP contribution < -0.4 is 5.32 Å². The number of nitrogens with zero attached hydrogens (tertiary/aromatic N) is 1. The Labute approximate surface area is 94.2 Å². The van der Waals surface area contributed by atoms with E-state index < -0.39 is 0 Å². The first-order chi connectivity index (χ1) is 7.01. The molecule has 1 rings (SSSR count). The molecule has 3 nitrogen and oxygen atoms in total. The second-order valence-electron chi connectivity index (χ2n) is 5.37. The molecule has 1 heterocycles. The number of hydrogen-bond donors (Lipinski definition) is 1. The van der Waals surface area contributed by atoms with Crippen molar-refractivity contribution >= 4 is 0 Å². The Morgan fingerprint density at radius 1 is 1.27 bits per heavy atom. The summed E-state index contributed by atoms with van der Waals surface area (Å²) in [4.78, 5) is 2.50. The van der Waals surface area contributed by atoms with Gasteiger partial charge in [-0.15, -0.1) is 0 Å². The van der Waals surface area contributed by atoms with Crippen LogP contribution >= 0.6 is 0 Å². The summed E-state index contributed by atoms with van der Waals surface area (Å²) in [6.45, 7) is 10.7. The molecule has 1 aliphatic rings. The fourth-order valence-corrected chi connectivity index (χ4v) is 1.93. The normalized spacial score (nSPS) is 20.8. The van der Waals surface area contributed by atoms with Crippen molar-refractivity contribution in [2.75, 3.05) is 33.3 Å². The zero-order valence-electron chi connectivity index (χ0n) is 10.7. The summed E-state index contributed by atoms with van der Waals surface area (Å²) >= 11 is 0. The van der Waals surface area contributed by atoms with Crippen LogP contribution in [-0.2, 0) is 4.74 Å². The highest BCUT2D eigenvalue weighted by molar-refractivity contribution is 4.75. The lowest BCUT2D eigenvalue weighted by molar-refractivity contribution is -0.0154. The van der Waals surface area contributed by atoms with Gasteiger partial charge in [0.05, 0.1) is 12.2 Å². The lowest BCUT2D eigenvalue weighted by atomic mass is 10.1. The molecule has 1 saturated heterocycles. The SMILES string of the molecule is CNC1CCN(CCOC(C)(C)C)CC1. The lowest BCUT2D eigenvalue weighted by Crippen LogP contribution is -2.42. The maximum Gasteiger partial charge on any atom is 0.0600 e. The number of nitrogens with one attached hydrogen (secondary N) is 1. The minimum Gasteiger partial charge on any atom is -0.375 e. The quantitative estimate of drug-likeness (QED) is 0.767. The van der Waals surface area contributed by atoms with Gasteiger partial charge in [0.2, 0.25) is 0 Å². The molecule has 15 heavy (non-hydrogen) atoms. The maximum absolute atomic E-state index is 5.73. The first-order valence-electron chi connectivity index (χ1n) is 6.05. The molecule has 0 atom stereocenters. The Morgan fingerprint density at radius 2 is 1.87 bits per heavy atom. The number of likely N-dealkylation sites (tertiary alicyclic amines) is 1. The zero-order chi connectivity index (χ0) is 11.3. The molecule has 0 amide bonds. The van der Waals surface area contributed by atoms with E-state index in [1.54, 1.807) is 0 Å². The van der Waals surface area contributed by atoms with Crippen LogP contribution in [0, 0.1) is 0 Å². The van der Waals surface area contributed by atoms with E-state index in [0.717, 1.165) is 19.2 Å². The van der Waals surface area contributed by atoms with Crippen LogP contribution in [0.1, 0.15) is 33.6 Å². The van der Waals surface area contributed by atoms with Crippen LogP contribution in [0.3, 0.4) is 0 Å². The van der Waals surface area contributed by atoms with Crippen molar-refractivity contribution in [3.63, 3.8) is 0 Å². The highest BCUT2D eigenvalue weighted by atomic mass is 16.5. The van der Waals surface area contributed by atoms with Gasteiger partial charge < -0.3 is 15.0 Å². The van der Waals surface area contributed by atoms with Gasteiger partial charge in [-0.05, 0) is 53.8 Å². The Morgan fingerprint density at radius 3 is 2.33 bits per heavy atom. The molecule has 1 fully saturated rings. The van der Waals surface area contributed by atoms with E-state index in [1.807, 2.05) is 0 Å². The molecule has 0 aromatic rings. The summed E-state index contributed by atoms with van der Waals surface area (Å²) in [5.41, 5.74) is 0.00327. The van der Waals surface area contributed by atoms with Crippen molar-refractivity contribution in [3.8, 4) is 0 Å². The molecule has 0 aromatic heterocycles. The summed E-state index contributed by atoms with van der Waals surface area (Å²) in [7, 11) is 2.06. The van der Waals surface area contributed by atoms with Crippen LogP contribution in [0.4, 0.5) is 0 Å². The largest absolute Gasteiger partial charge is 0.375 e. The second kappa shape index (κ2) is 5.83. The predicted octanol–water partition coefficient (Wildman–Crippen LogP) is 1.49. The minimum absolute atomic E-state index is 0.00327. The lowest BCUT2D eigenvalue weighted by Gasteiger charge is -2.32. The molecule has 1 aliphatic heterocycles. The van der Waals surface area contributed by atoms with E-state index >= 15 is 0 Å². The molecule has 3 heteroatoms. The third-order valence-electron chi connectivity index (χ3n) is 2.94. The maximum atomic E-state index is 5.73. The van der Waals surface area contributed by atoms with Gasteiger partial charge in [0.25, 0.3) is 0 Å². The van der Waals surface area contributed by atoms with Gasteiger partial charge in [-0.2, -0.15) is 0 Å². The molecule has 0 spiro atoms. The smallest absolute Gasteiger partial charge is 0.0600 e. The monoisotopic (exact) mass is 214 g/mol. The summed E-state index contributed by atoms with van der Waals surface area (Å²) in [6.07, 6.45) is 2.54. The highest BCUT2D eigenvalue weighted by Crippen LogP contribution is 2.11. The average molecular weight is 214 g/mol. The second-order valence-corrected chi connectivity index (χ2v) is 5.37. The van der Waals surface area contributed by atoms with E-state index in [2.05, 4.69) is 38.0 Å². The Balaban J connectivity index is 2.09. The molecule has 0 radical (unpaired) electrons. The number of ether oxygens (including phenoxy) is 1. The molecule has 0 bridgehead atoms. The fourth-order valence-electron chi connectivity index (χ4n) is 1.93. The Bertz CT molecular complexity index is 169. The summed E-state index contributed by atoms with van der Waals surface area (Å²) in [6, 6.07) is 0.727. The van der Waals surface area contributed by atoms with Crippen molar-refractivity contribution in [2.45, 2.75) is 45.3 Å². The van der Waals surface area contributed by atoms with Gasteiger partial charge in [-0.25, -0.2) is 0 Å². The van der Waals surface area contributed by atoms with Gasteiger partial charge in [0.1, 0.15) is 0 Å². The molecule has 1 N–H and O–H groups in total. The molecule has 90 valence electrons. The predicted molar refractivity (Wildman–Crippen MR) is 64.2 cm³/mol. The van der Waals surface area contributed by atoms with Crippen LogP contribution in [0.5, 0.6) is 0 Å². The summed E-state index contributed by atoms with van der Waals surface area (Å²) < 4.78 is 5.73. The van der Waals surface area contributed by atoms with E-state index in [4.69, 9.17) is 4.74 Å². The number of hydrogen-bond acceptors (Lipinski definition) is 3. The van der Waals surface area contributed by atoms with Gasteiger partial charge in [-0.1, -0.05) is 0 Å². The number of rotatable bonds is 4. The molecule has 0 aliphatic carbocycles. The van der Waals surface area contributed by atoms with Crippen LogP contribution in [-0.4, -0.2) is 49.8 Å². The van der Waals surface area contributed by atoms with Crippen molar-refractivity contribution in [3.05, 3.63) is 0 Å². The first-order valence-corrected chi connectivity index (χ1v) is 6.05. The molecular formula is C12H26N2O. The van der Waals surface area contributed by atoms with Crippen molar-refractivity contribution < 1.29 is 4.74 Å². The van der Waals surface area contributed by atoms with E-state index in [-0.39, 0.29) is 5.60 Å². The summed E-state index contributed by atoms with van der Waals surface area (Å²) in [5, 5.41) is 3.35. The highest BCUT2D eigenvalue weighted by Gasteiger charge is 2.18. The van der Waals surface area contributed by atoms with Gasteiger partial charge in [0.15, 0.2) is 0 Å². The van der Waals surface area contributed by atoms with Gasteiger partial charge in [-0.3, -0.25) is 0 Å². The summed E-state index contributed by atoms with van der Waals surface area (Å²) in [5.74, 6) is 0. The molecule has 0 unspecified atom stereocenters.